The van der Waals surface area contributed by atoms with E-state index >= 15 is 0 Å². The lowest BCUT2D eigenvalue weighted by Crippen LogP contribution is -2.41. The standard InChI is InChI=1S/C13H25N/c1-4-14-11-7-8-13(2,3)12(9-11)10-5-6-10/h10-12,14H,4-9H2,1-3H3. The Hall–Kier alpha value is -0.0400. The first-order valence-electron chi connectivity index (χ1n) is 6.37. The van der Waals surface area contributed by atoms with Gasteiger partial charge in [-0.3, -0.25) is 0 Å². The first-order chi connectivity index (χ1) is 6.63. The van der Waals surface area contributed by atoms with E-state index in [1.54, 1.807) is 0 Å². The minimum atomic E-state index is 0.618. The van der Waals surface area contributed by atoms with Crippen LogP contribution < -0.4 is 5.32 Å². The highest BCUT2D eigenvalue weighted by atomic mass is 14.9. The Labute approximate surface area is 88.7 Å². The molecule has 0 aliphatic heterocycles. The van der Waals surface area contributed by atoms with Crippen molar-refractivity contribution in [3.63, 3.8) is 0 Å². The molecule has 2 rings (SSSR count). The van der Waals surface area contributed by atoms with Crippen molar-refractivity contribution in [1.29, 1.82) is 0 Å². The van der Waals surface area contributed by atoms with E-state index in [9.17, 15) is 0 Å². The fraction of sp³-hybridized carbons (Fsp3) is 1.00. The number of hydrogen-bond acceptors (Lipinski definition) is 1. The summed E-state index contributed by atoms with van der Waals surface area (Å²) in [6.45, 7) is 8.34. The smallest absolute Gasteiger partial charge is 0.00700 e. The van der Waals surface area contributed by atoms with Crippen LogP contribution in [0.5, 0.6) is 0 Å². The summed E-state index contributed by atoms with van der Waals surface area (Å²) in [4.78, 5) is 0. The Morgan fingerprint density at radius 1 is 1.21 bits per heavy atom. The molecule has 0 aromatic heterocycles. The predicted octanol–water partition coefficient (Wildman–Crippen LogP) is 3.20. The van der Waals surface area contributed by atoms with Gasteiger partial charge in [-0.25, -0.2) is 0 Å². The first kappa shape index (κ1) is 10.5. The van der Waals surface area contributed by atoms with Crippen molar-refractivity contribution in [3.05, 3.63) is 0 Å². The van der Waals surface area contributed by atoms with Gasteiger partial charge in [-0.05, 0) is 55.9 Å². The average molecular weight is 195 g/mol. The molecule has 2 aliphatic rings. The second kappa shape index (κ2) is 3.84. The molecule has 0 saturated heterocycles. The minimum Gasteiger partial charge on any atom is -0.314 e. The fourth-order valence-electron chi connectivity index (χ4n) is 3.28. The van der Waals surface area contributed by atoms with Crippen LogP contribution in [0.2, 0.25) is 0 Å². The van der Waals surface area contributed by atoms with Crippen LogP contribution in [0, 0.1) is 17.3 Å². The zero-order valence-electron chi connectivity index (χ0n) is 9.97. The van der Waals surface area contributed by atoms with E-state index in [1.807, 2.05) is 0 Å². The van der Waals surface area contributed by atoms with Gasteiger partial charge in [-0.15, -0.1) is 0 Å². The summed E-state index contributed by atoms with van der Waals surface area (Å²) >= 11 is 0. The van der Waals surface area contributed by atoms with Gasteiger partial charge in [0.15, 0.2) is 0 Å². The Morgan fingerprint density at radius 3 is 2.50 bits per heavy atom. The molecule has 2 saturated carbocycles. The highest BCUT2D eigenvalue weighted by Gasteiger charge is 2.44. The van der Waals surface area contributed by atoms with E-state index in [2.05, 4.69) is 26.1 Å². The van der Waals surface area contributed by atoms with Gasteiger partial charge < -0.3 is 5.32 Å². The van der Waals surface area contributed by atoms with Crippen molar-refractivity contribution in [2.75, 3.05) is 6.54 Å². The lowest BCUT2D eigenvalue weighted by molar-refractivity contribution is 0.0949. The minimum absolute atomic E-state index is 0.618. The molecule has 0 heterocycles. The molecule has 1 heteroatoms. The van der Waals surface area contributed by atoms with Crippen LogP contribution in [-0.4, -0.2) is 12.6 Å². The molecule has 82 valence electrons. The van der Waals surface area contributed by atoms with Crippen LogP contribution >= 0.6 is 0 Å². The van der Waals surface area contributed by atoms with Crippen molar-refractivity contribution < 1.29 is 0 Å². The Morgan fingerprint density at radius 2 is 1.93 bits per heavy atom. The Bertz CT molecular complexity index is 193. The molecule has 2 atom stereocenters. The zero-order chi connectivity index (χ0) is 10.2. The van der Waals surface area contributed by atoms with Crippen LogP contribution in [0.4, 0.5) is 0 Å². The topological polar surface area (TPSA) is 12.0 Å². The van der Waals surface area contributed by atoms with Gasteiger partial charge in [0.2, 0.25) is 0 Å². The summed E-state index contributed by atoms with van der Waals surface area (Å²) in [6.07, 6.45) is 7.27. The molecule has 2 aliphatic carbocycles. The molecule has 0 amide bonds. The maximum absolute atomic E-state index is 3.63. The second-order valence-electron chi connectivity index (χ2n) is 5.96. The number of hydrogen-bond donors (Lipinski definition) is 1. The van der Waals surface area contributed by atoms with E-state index in [1.165, 1.54) is 32.1 Å². The molecule has 2 fully saturated rings. The second-order valence-corrected chi connectivity index (χ2v) is 5.96. The SMILES string of the molecule is CCNC1CCC(C)(C)C(C2CC2)C1. The lowest BCUT2D eigenvalue weighted by atomic mass is 9.65. The summed E-state index contributed by atoms with van der Waals surface area (Å²) < 4.78 is 0. The lowest BCUT2D eigenvalue weighted by Gasteiger charge is -2.43. The Balaban J connectivity index is 1.95. The summed E-state index contributed by atoms with van der Waals surface area (Å²) in [5, 5.41) is 3.63. The van der Waals surface area contributed by atoms with Crippen LogP contribution in [-0.2, 0) is 0 Å². The molecular formula is C13H25N. The highest BCUT2D eigenvalue weighted by molar-refractivity contribution is 4.96. The molecular weight excluding hydrogens is 170 g/mol. The largest absolute Gasteiger partial charge is 0.314 e. The molecule has 1 N–H and O–H groups in total. The third kappa shape index (κ3) is 2.13. The van der Waals surface area contributed by atoms with Gasteiger partial charge in [0.1, 0.15) is 0 Å². The van der Waals surface area contributed by atoms with Crippen molar-refractivity contribution in [1.82, 2.24) is 5.32 Å². The van der Waals surface area contributed by atoms with Crippen molar-refractivity contribution in [3.8, 4) is 0 Å². The van der Waals surface area contributed by atoms with Crippen molar-refractivity contribution in [2.24, 2.45) is 17.3 Å². The molecule has 1 nitrogen and oxygen atoms in total. The molecule has 0 spiro atoms. The molecule has 0 aromatic carbocycles. The van der Waals surface area contributed by atoms with Crippen molar-refractivity contribution in [2.45, 2.75) is 58.9 Å². The first-order valence-corrected chi connectivity index (χ1v) is 6.37. The highest BCUT2D eigenvalue weighted by Crippen LogP contribution is 2.52. The van der Waals surface area contributed by atoms with Gasteiger partial charge in [0.05, 0.1) is 0 Å². The van der Waals surface area contributed by atoms with Crippen LogP contribution in [0.25, 0.3) is 0 Å². The van der Waals surface area contributed by atoms with E-state index in [-0.39, 0.29) is 0 Å². The molecule has 0 bridgehead atoms. The summed E-state index contributed by atoms with van der Waals surface area (Å²) in [5.74, 6) is 2.08. The number of nitrogens with one attached hydrogen (secondary N) is 1. The monoisotopic (exact) mass is 195 g/mol. The number of rotatable bonds is 3. The van der Waals surface area contributed by atoms with E-state index < -0.39 is 0 Å². The van der Waals surface area contributed by atoms with Gasteiger partial charge in [0.25, 0.3) is 0 Å². The van der Waals surface area contributed by atoms with Crippen LogP contribution in [0.15, 0.2) is 0 Å². The fourth-order valence-corrected chi connectivity index (χ4v) is 3.28. The average Bonchev–Trinajstić information content (AvgIpc) is 2.91. The summed E-state index contributed by atoms with van der Waals surface area (Å²) in [5.41, 5.74) is 0.618. The molecule has 2 unspecified atom stereocenters. The maximum atomic E-state index is 3.63. The van der Waals surface area contributed by atoms with E-state index in [4.69, 9.17) is 0 Å². The van der Waals surface area contributed by atoms with Gasteiger partial charge in [-0.1, -0.05) is 20.8 Å². The summed E-state index contributed by atoms with van der Waals surface area (Å²) in [7, 11) is 0. The van der Waals surface area contributed by atoms with Crippen molar-refractivity contribution >= 4 is 0 Å². The Kier molecular flexibility index (Phi) is 2.88. The maximum Gasteiger partial charge on any atom is 0.00700 e. The van der Waals surface area contributed by atoms with E-state index in [0.717, 1.165) is 24.4 Å². The van der Waals surface area contributed by atoms with Gasteiger partial charge in [-0.2, -0.15) is 0 Å². The van der Waals surface area contributed by atoms with Crippen LogP contribution in [0.1, 0.15) is 52.9 Å². The summed E-state index contributed by atoms with van der Waals surface area (Å²) in [6, 6.07) is 0.818. The third-order valence-corrected chi connectivity index (χ3v) is 4.36. The third-order valence-electron chi connectivity index (χ3n) is 4.36. The predicted molar refractivity (Wildman–Crippen MR) is 61.3 cm³/mol. The molecule has 0 aromatic rings. The van der Waals surface area contributed by atoms with Crippen LogP contribution in [0.3, 0.4) is 0 Å². The normalized spacial score (nSPS) is 37.1. The quantitative estimate of drug-likeness (QED) is 0.729. The molecule has 14 heavy (non-hydrogen) atoms. The van der Waals surface area contributed by atoms with E-state index in [0.29, 0.717) is 5.41 Å². The van der Waals surface area contributed by atoms with Gasteiger partial charge >= 0.3 is 0 Å². The molecule has 0 radical (unpaired) electrons. The van der Waals surface area contributed by atoms with Gasteiger partial charge in [0, 0.05) is 6.04 Å². The zero-order valence-corrected chi connectivity index (χ0v) is 9.97.